The quantitative estimate of drug-likeness (QED) is 0.672. The van der Waals surface area contributed by atoms with Gasteiger partial charge in [0.2, 0.25) is 0 Å². The second-order valence-corrected chi connectivity index (χ2v) is 8.50. The van der Waals surface area contributed by atoms with Crippen LogP contribution >= 0.6 is 0 Å². The number of hydrogen-bond donors (Lipinski definition) is 1. The summed E-state index contributed by atoms with van der Waals surface area (Å²) < 4.78 is 2.05. The molecule has 2 amide bonds. The van der Waals surface area contributed by atoms with E-state index in [0.29, 0.717) is 12.4 Å². The number of piperidine rings is 1. The van der Waals surface area contributed by atoms with Crippen LogP contribution in [0.1, 0.15) is 38.4 Å². The molecule has 1 unspecified atom stereocenters. The van der Waals surface area contributed by atoms with Gasteiger partial charge in [0.25, 0.3) is 0 Å². The summed E-state index contributed by atoms with van der Waals surface area (Å²) in [7, 11) is 0. The Hall–Kier alpha value is -3.30. The molecule has 1 N–H and O–H groups in total. The van der Waals surface area contributed by atoms with Crippen LogP contribution in [-0.4, -0.2) is 77.5 Å². The molecular formula is C22H29N9O. The highest BCUT2D eigenvalue weighted by molar-refractivity contribution is 5.86. The first-order valence-electron chi connectivity index (χ1n) is 11.4. The Bertz CT molecular complexity index is 1100. The van der Waals surface area contributed by atoms with E-state index in [2.05, 4.69) is 36.7 Å². The average Bonchev–Trinajstić information content (AvgIpc) is 3.45. The fourth-order valence-corrected chi connectivity index (χ4v) is 4.60. The normalized spacial score (nSPS) is 19.0. The Morgan fingerprint density at radius 1 is 1.06 bits per heavy atom. The van der Waals surface area contributed by atoms with Crippen LogP contribution in [0.5, 0.6) is 0 Å². The Balaban J connectivity index is 1.37. The van der Waals surface area contributed by atoms with Gasteiger partial charge in [-0.3, -0.25) is 0 Å². The van der Waals surface area contributed by atoms with Gasteiger partial charge in [-0.25, -0.2) is 29.7 Å². The van der Waals surface area contributed by atoms with Crippen molar-refractivity contribution in [3.05, 3.63) is 24.5 Å². The number of nitrogens with zero attached hydrogens (tertiary/aromatic N) is 8. The van der Waals surface area contributed by atoms with E-state index in [4.69, 9.17) is 4.98 Å². The minimum atomic E-state index is 0.139. The van der Waals surface area contributed by atoms with Crippen molar-refractivity contribution in [1.82, 2.24) is 39.3 Å². The number of amides is 2. The maximum atomic E-state index is 12.8. The zero-order valence-corrected chi connectivity index (χ0v) is 18.7. The maximum Gasteiger partial charge on any atom is 0.320 e. The molecule has 10 heteroatoms. The van der Waals surface area contributed by atoms with Crippen LogP contribution in [0.25, 0.3) is 22.6 Å². The van der Waals surface area contributed by atoms with Gasteiger partial charge in [-0.15, -0.1) is 0 Å². The summed E-state index contributed by atoms with van der Waals surface area (Å²) in [4.78, 5) is 39.3. The lowest BCUT2D eigenvalue weighted by Crippen LogP contribution is -2.45. The van der Waals surface area contributed by atoms with Crippen LogP contribution in [0.4, 0.5) is 10.6 Å². The van der Waals surface area contributed by atoms with Crippen molar-refractivity contribution in [3.63, 3.8) is 0 Å². The number of rotatable bonds is 4. The lowest BCUT2D eigenvalue weighted by atomic mass is 10.1. The Kier molecular flexibility index (Phi) is 5.59. The van der Waals surface area contributed by atoms with Crippen molar-refractivity contribution < 1.29 is 4.79 Å². The molecule has 0 aromatic carbocycles. The number of hydrogen-bond acceptors (Lipinski definition) is 7. The highest BCUT2D eigenvalue weighted by atomic mass is 16.2. The summed E-state index contributed by atoms with van der Waals surface area (Å²) in [5, 5.41) is 3.53. The SMILES string of the molecule is CCn1c(-c2cnc(C)nc2)nc2c(NC3CCN(C(=O)N4CCCCC4)C3)ncnc21. The third kappa shape index (κ3) is 3.85. The molecule has 168 valence electrons. The van der Waals surface area contributed by atoms with Crippen LogP contribution in [0.2, 0.25) is 0 Å². The van der Waals surface area contributed by atoms with Gasteiger partial charge in [0.05, 0.1) is 5.56 Å². The number of urea groups is 1. The molecule has 0 aliphatic carbocycles. The summed E-state index contributed by atoms with van der Waals surface area (Å²) >= 11 is 0. The van der Waals surface area contributed by atoms with Gasteiger partial charge in [-0.05, 0) is 39.5 Å². The number of aryl methyl sites for hydroxylation is 2. The van der Waals surface area contributed by atoms with Gasteiger partial charge in [-0.2, -0.15) is 0 Å². The van der Waals surface area contributed by atoms with E-state index < -0.39 is 0 Å². The second kappa shape index (κ2) is 8.68. The first-order valence-corrected chi connectivity index (χ1v) is 11.4. The largest absolute Gasteiger partial charge is 0.364 e. The van der Waals surface area contributed by atoms with Gasteiger partial charge in [0, 0.05) is 51.2 Å². The fraction of sp³-hybridized carbons (Fsp3) is 0.545. The summed E-state index contributed by atoms with van der Waals surface area (Å²) in [6, 6.07) is 0.304. The van der Waals surface area contributed by atoms with E-state index in [1.54, 1.807) is 18.7 Å². The molecule has 0 saturated carbocycles. The van der Waals surface area contributed by atoms with Crippen molar-refractivity contribution in [2.45, 2.75) is 52.1 Å². The van der Waals surface area contributed by atoms with E-state index >= 15 is 0 Å². The van der Waals surface area contributed by atoms with Crippen molar-refractivity contribution >= 4 is 23.0 Å². The molecule has 10 nitrogen and oxygen atoms in total. The van der Waals surface area contributed by atoms with Crippen molar-refractivity contribution in [1.29, 1.82) is 0 Å². The topological polar surface area (TPSA) is 105 Å². The molecule has 1 atom stereocenters. The molecule has 5 rings (SSSR count). The number of aromatic nitrogens is 6. The number of likely N-dealkylation sites (tertiary alicyclic amines) is 2. The molecule has 2 aliphatic rings. The van der Waals surface area contributed by atoms with Gasteiger partial charge < -0.3 is 19.7 Å². The summed E-state index contributed by atoms with van der Waals surface area (Å²) in [6.45, 7) is 7.83. The molecule has 3 aromatic rings. The molecule has 5 heterocycles. The van der Waals surface area contributed by atoms with Crippen LogP contribution in [0.3, 0.4) is 0 Å². The third-order valence-electron chi connectivity index (χ3n) is 6.31. The van der Waals surface area contributed by atoms with Gasteiger partial charge in [-0.1, -0.05) is 0 Å². The van der Waals surface area contributed by atoms with Crippen LogP contribution in [0, 0.1) is 6.92 Å². The molecule has 0 radical (unpaired) electrons. The first-order chi connectivity index (χ1) is 15.6. The molecule has 0 bridgehead atoms. The zero-order chi connectivity index (χ0) is 22.1. The first kappa shape index (κ1) is 20.6. The molecular weight excluding hydrogens is 406 g/mol. The highest BCUT2D eigenvalue weighted by Gasteiger charge is 2.30. The van der Waals surface area contributed by atoms with Gasteiger partial charge in [0.15, 0.2) is 17.0 Å². The Morgan fingerprint density at radius 2 is 1.84 bits per heavy atom. The molecule has 3 aromatic heterocycles. The van der Waals surface area contributed by atoms with Crippen LogP contribution in [-0.2, 0) is 6.54 Å². The maximum absolute atomic E-state index is 12.8. The summed E-state index contributed by atoms with van der Waals surface area (Å²) in [6.07, 6.45) is 9.47. The number of fused-ring (bicyclic) bond motifs is 1. The number of carbonyl (C=O) groups excluding carboxylic acids is 1. The molecule has 2 aliphatic heterocycles. The number of anilines is 1. The zero-order valence-electron chi connectivity index (χ0n) is 18.7. The van der Waals surface area contributed by atoms with E-state index in [1.807, 2.05) is 16.7 Å². The lowest BCUT2D eigenvalue weighted by Gasteiger charge is -2.31. The number of carbonyl (C=O) groups is 1. The van der Waals surface area contributed by atoms with Gasteiger partial charge in [0.1, 0.15) is 18.0 Å². The monoisotopic (exact) mass is 435 g/mol. The molecule has 32 heavy (non-hydrogen) atoms. The predicted octanol–water partition coefficient (Wildman–Crippen LogP) is 2.70. The molecule has 2 saturated heterocycles. The Labute approximate surface area is 187 Å². The summed E-state index contributed by atoms with van der Waals surface area (Å²) in [5.41, 5.74) is 2.35. The Morgan fingerprint density at radius 3 is 2.59 bits per heavy atom. The molecule has 2 fully saturated rings. The van der Waals surface area contributed by atoms with Crippen LogP contribution < -0.4 is 5.32 Å². The van der Waals surface area contributed by atoms with E-state index in [0.717, 1.165) is 73.8 Å². The third-order valence-corrected chi connectivity index (χ3v) is 6.31. The van der Waals surface area contributed by atoms with E-state index in [-0.39, 0.29) is 12.1 Å². The van der Waals surface area contributed by atoms with E-state index in [1.165, 1.54) is 6.42 Å². The second-order valence-electron chi connectivity index (χ2n) is 8.50. The van der Waals surface area contributed by atoms with Gasteiger partial charge >= 0.3 is 6.03 Å². The van der Waals surface area contributed by atoms with Crippen molar-refractivity contribution in [2.24, 2.45) is 0 Å². The fourth-order valence-electron chi connectivity index (χ4n) is 4.60. The predicted molar refractivity (Wildman–Crippen MR) is 121 cm³/mol. The smallest absolute Gasteiger partial charge is 0.320 e. The minimum absolute atomic E-state index is 0.139. The average molecular weight is 436 g/mol. The van der Waals surface area contributed by atoms with Crippen molar-refractivity contribution in [2.75, 3.05) is 31.5 Å². The van der Waals surface area contributed by atoms with E-state index in [9.17, 15) is 4.79 Å². The molecule has 0 spiro atoms. The minimum Gasteiger partial charge on any atom is -0.364 e. The summed E-state index contributed by atoms with van der Waals surface area (Å²) in [5.74, 6) is 2.20. The van der Waals surface area contributed by atoms with Crippen LogP contribution in [0.15, 0.2) is 18.7 Å². The number of imidazole rings is 1. The standard InChI is InChI=1S/C22H29N9O/c1-3-31-20(16-11-23-15(2)24-12-16)28-18-19(25-14-26-21(18)31)27-17-7-10-30(13-17)22(32)29-8-5-4-6-9-29/h11-12,14,17H,3-10,13H2,1-2H3,(H,25,26,27). The highest BCUT2D eigenvalue weighted by Crippen LogP contribution is 2.27. The number of nitrogens with one attached hydrogen (secondary N) is 1. The lowest BCUT2D eigenvalue weighted by molar-refractivity contribution is 0.152. The van der Waals surface area contributed by atoms with Crippen molar-refractivity contribution in [3.8, 4) is 11.4 Å².